The van der Waals surface area contributed by atoms with Gasteiger partial charge in [0.25, 0.3) is 10.0 Å². The predicted octanol–water partition coefficient (Wildman–Crippen LogP) is -1.33. The van der Waals surface area contributed by atoms with Crippen LogP contribution in [0.25, 0.3) is 0 Å². The number of aromatic nitrogens is 2. The van der Waals surface area contributed by atoms with E-state index in [1.165, 1.54) is 24.1 Å². The molecule has 7 nitrogen and oxygen atoms in total. The van der Waals surface area contributed by atoms with Gasteiger partial charge in [-0.25, -0.2) is 13.1 Å². The topological polar surface area (TPSA) is 99.2 Å². The lowest BCUT2D eigenvalue weighted by Gasteiger charge is -2.15. The van der Waals surface area contributed by atoms with E-state index < -0.39 is 16.1 Å². The van der Waals surface area contributed by atoms with Crippen LogP contribution in [0.2, 0.25) is 0 Å². The third-order valence-electron chi connectivity index (χ3n) is 2.03. The fraction of sp³-hybridized carbons (Fsp3) is 0.625. The Morgan fingerprint density at radius 1 is 1.69 bits per heavy atom. The maximum atomic E-state index is 11.9. The van der Waals surface area contributed by atoms with Crippen molar-refractivity contribution in [3.63, 3.8) is 0 Å². The van der Waals surface area contributed by atoms with Crippen molar-refractivity contribution < 1.29 is 13.2 Å². The number of nitrogens with one attached hydrogen (secondary N) is 1. The molecule has 0 aromatic carbocycles. The van der Waals surface area contributed by atoms with Crippen molar-refractivity contribution in [2.75, 3.05) is 20.3 Å². The summed E-state index contributed by atoms with van der Waals surface area (Å²) in [5.41, 5.74) is 5.43. The highest BCUT2D eigenvalue weighted by Gasteiger charge is 2.21. The van der Waals surface area contributed by atoms with Crippen LogP contribution in [-0.4, -0.2) is 44.5 Å². The summed E-state index contributed by atoms with van der Waals surface area (Å²) in [6.07, 6.45) is 1.42. The van der Waals surface area contributed by atoms with E-state index in [2.05, 4.69) is 9.82 Å². The quantitative estimate of drug-likeness (QED) is 0.650. The van der Waals surface area contributed by atoms with E-state index in [1.807, 2.05) is 0 Å². The lowest BCUT2D eigenvalue weighted by atomic mass is 10.3. The summed E-state index contributed by atoms with van der Waals surface area (Å²) in [6, 6.07) is 0.979. The number of rotatable bonds is 6. The number of hydrogen-bond donors (Lipinski definition) is 2. The smallest absolute Gasteiger partial charge is 0.258 e. The predicted molar refractivity (Wildman–Crippen MR) is 58.2 cm³/mol. The minimum Gasteiger partial charge on any atom is -0.383 e. The van der Waals surface area contributed by atoms with Gasteiger partial charge in [0.05, 0.1) is 18.8 Å². The number of nitrogens with zero attached hydrogens (tertiary/aromatic N) is 2. The van der Waals surface area contributed by atoms with Crippen molar-refractivity contribution in [2.24, 2.45) is 12.8 Å². The van der Waals surface area contributed by atoms with Crippen molar-refractivity contribution in [3.05, 3.63) is 12.3 Å². The Balaban J connectivity index is 2.83. The van der Waals surface area contributed by atoms with Gasteiger partial charge in [-0.15, -0.1) is 0 Å². The van der Waals surface area contributed by atoms with E-state index in [9.17, 15) is 8.42 Å². The number of ether oxygens (including phenoxy) is 1. The summed E-state index contributed by atoms with van der Waals surface area (Å²) in [5.74, 6) is 0. The molecule has 1 unspecified atom stereocenters. The first-order valence-electron chi connectivity index (χ1n) is 4.70. The zero-order valence-corrected chi connectivity index (χ0v) is 10.1. The summed E-state index contributed by atoms with van der Waals surface area (Å²) in [6.45, 7) is 0.401. The second kappa shape index (κ2) is 5.39. The fourth-order valence-corrected chi connectivity index (χ4v) is 2.62. The van der Waals surface area contributed by atoms with Gasteiger partial charge in [-0.3, -0.25) is 4.68 Å². The van der Waals surface area contributed by atoms with Crippen LogP contribution >= 0.6 is 0 Å². The maximum absolute atomic E-state index is 11.9. The number of methoxy groups -OCH3 is 1. The average Bonchev–Trinajstić information content (AvgIpc) is 2.64. The maximum Gasteiger partial charge on any atom is 0.258 e. The molecule has 0 aliphatic carbocycles. The Morgan fingerprint density at radius 3 is 2.81 bits per heavy atom. The van der Waals surface area contributed by atoms with Gasteiger partial charge in [-0.1, -0.05) is 0 Å². The highest BCUT2D eigenvalue weighted by molar-refractivity contribution is 7.89. The van der Waals surface area contributed by atoms with Crippen LogP contribution in [0.15, 0.2) is 17.3 Å². The number of hydrogen-bond acceptors (Lipinski definition) is 5. The Labute approximate surface area is 94.6 Å². The van der Waals surface area contributed by atoms with Gasteiger partial charge in [0.2, 0.25) is 0 Å². The monoisotopic (exact) mass is 248 g/mol. The van der Waals surface area contributed by atoms with Crippen molar-refractivity contribution in [3.8, 4) is 0 Å². The molecule has 16 heavy (non-hydrogen) atoms. The SMILES string of the molecule is COCC(CN)NS(=O)(=O)c1ccnn1C. The van der Waals surface area contributed by atoms with Gasteiger partial charge in [-0.05, 0) is 6.07 Å². The second-order valence-corrected chi connectivity index (χ2v) is 4.96. The molecule has 8 heteroatoms. The van der Waals surface area contributed by atoms with Crippen LogP contribution in [0.5, 0.6) is 0 Å². The van der Waals surface area contributed by atoms with E-state index in [4.69, 9.17) is 10.5 Å². The van der Waals surface area contributed by atoms with E-state index >= 15 is 0 Å². The Kier molecular flexibility index (Phi) is 4.42. The molecule has 0 saturated heterocycles. The molecule has 92 valence electrons. The van der Waals surface area contributed by atoms with E-state index in [0.29, 0.717) is 0 Å². The molecule has 0 aliphatic rings. The Morgan fingerprint density at radius 2 is 2.38 bits per heavy atom. The minimum absolute atomic E-state index is 0.0991. The van der Waals surface area contributed by atoms with Crippen LogP contribution in [0, 0.1) is 0 Å². The highest BCUT2D eigenvalue weighted by Crippen LogP contribution is 2.06. The number of sulfonamides is 1. The molecule has 3 N–H and O–H groups in total. The van der Waals surface area contributed by atoms with Gasteiger partial charge in [0, 0.05) is 20.7 Å². The Bertz CT molecular complexity index is 428. The average molecular weight is 248 g/mol. The third-order valence-corrected chi connectivity index (χ3v) is 3.62. The fourth-order valence-electron chi connectivity index (χ4n) is 1.26. The molecule has 0 spiro atoms. The first-order chi connectivity index (χ1) is 7.51. The normalized spacial score (nSPS) is 13.9. The molecule has 1 atom stereocenters. The standard InChI is InChI=1S/C8H16N4O3S/c1-12-8(3-4-10-12)16(13,14)11-7(5-9)6-15-2/h3-4,7,11H,5-6,9H2,1-2H3. The zero-order valence-electron chi connectivity index (χ0n) is 9.25. The van der Waals surface area contributed by atoms with Crippen LogP contribution < -0.4 is 10.5 Å². The van der Waals surface area contributed by atoms with Crippen LogP contribution in [0.4, 0.5) is 0 Å². The first-order valence-corrected chi connectivity index (χ1v) is 6.19. The van der Waals surface area contributed by atoms with Gasteiger partial charge in [0.15, 0.2) is 5.03 Å². The summed E-state index contributed by atoms with van der Waals surface area (Å²) in [7, 11) is -0.546. The van der Waals surface area contributed by atoms with Crippen LogP contribution in [0.1, 0.15) is 0 Å². The van der Waals surface area contributed by atoms with Gasteiger partial charge < -0.3 is 10.5 Å². The second-order valence-electron chi connectivity index (χ2n) is 3.30. The van der Waals surface area contributed by atoms with Crippen LogP contribution in [-0.2, 0) is 21.8 Å². The minimum atomic E-state index is -3.59. The summed E-state index contributed by atoms with van der Waals surface area (Å²) < 4.78 is 32.3. The van der Waals surface area contributed by atoms with Crippen molar-refractivity contribution >= 4 is 10.0 Å². The molecule has 1 heterocycles. The molecule has 0 aliphatic heterocycles. The van der Waals surface area contributed by atoms with Crippen molar-refractivity contribution in [1.82, 2.24) is 14.5 Å². The van der Waals surface area contributed by atoms with Gasteiger partial charge >= 0.3 is 0 Å². The number of aryl methyl sites for hydroxylation is 1. The largest absolute Gasteiger partial charge is 0.383 e. The van der Waals surface area contributed by atoms with Gasteiger partial charge in [-0.2, -0.15) is 5.10 Å². The van der Waals surface area contributed by atoms with E-state index in [0.717, 1.165) is 0 Å². The van der Waals surface area contributed by atoms with Crippen LogP contribution in [0.3, 0.4) is 0 Å². The lowest BCUT2D eigenvalue weighted by molar-refractivity contribution is 0.177. The van der Waals surface area contributed by atoms with E-state index in [1.54, 1.807) is 7.05 Å². The Hall–Kier alpha value is -0.960. The van der Waals surface area contributed by atoms with Crippen molar-refractivity contribution in [2.45, 2.75) is 11.1 Å². The molecular formula is C8H16N4O3S. The summed E-state index contributed by atoms with van der Waals surface area (Å²) in [5, 5.41) is 3.90. The molecule has 0 fully saturated rings. The van der Waals surface area contributed by atoms with Crippen molar-refractivity contribution in [1.29, 1.82) is 0 Å². The molecule has 0 amide bonds. The summed E-state index contributed by atoms with van der Waals surface area (Å²) in [4.78, 5) is 0. The zero-order chi connectivity index (χ0) is 12.2. The molecular weight excluding hydrogens is 232 g/mol. The molecule has 1 rings (SSSR count). The third kappa shape index (κ3) is 3.01. The molecule has 0 bridgehead atoms. The number of nitrogens with two attached hydrogens (primary N) is 1. The first kappa shape index (κ1) is 13.1. The van der Waals surface area contributed by atoms with Gasteiger partial charge in [0.1, 0.15) is 0 Å². The molecule has 1 aromatic heterocycles. The molecule has 1 aromatic rings. The highest BCUT2D eigenvalue weighted by atomic mass is 32.2. The summed E-state index contributed by atoms with van der Waals surface area (Å²) >= 11 is 0. The lowest BCUT2D eigenvalue weighted by Crippen LogP contribution is -2.43. The molecule has 0 radical (unpaired) electrons. The van der Waals surface area contributed by atoms with E-state index in [-0.39, 0.29) is 18.2 Å². The molecule has 0 saturated carbocycles.